The summed E-state index contributed by atoms with van der Waals surface area (Å²) in [6.45, 7) is 1.98. The normalized spacial score (nSPS) is 11.1. The van der Waals surface area contributed by atoms with Crippen LogP contribution in [0.15, 0.2) is 64.2 Å². The molecule has 0 saturated carbocycles. The first-order chi connectivity index (χ1) is 10.2. The van der Waals surface area contributed by atoms with Gasteiger partial charge in [-0.05, 0) is 36.8 Å². The molecule has 0 bridgehead atoms. The van der Waals surface area contributed by atoms with Crippen LogP contribution in [0.3, 0.4) is 0 Å². The van der Waals surface area contributed by atoms with Gasteiger partial charge in [-0.1, -0.05) is 46.3 Å². The Morgan fingerprint density at radius 1 is 1.10 bits per heavy atom. The Morgan fingerprint density at radius 2 is 1.90 bits per heavy atom. The van der Waals surface area contributed by atoms with Gasteiger partial charge in [0.25, 0.3) is 0 Å². The topological polar surface area (TPSA) is 37.3 Å². The molecule has 0 radical (unpaired) electrons. The SMILES string of the molecule is Cc1cc(N/N=C\c2ccccc2)c2cc(Br)ccc2n1. The monoisotopic (exact) mass is 339 g/mol. The second kappa shape index (κ2) is 6.06. The standard InChI is InChI=1S/C17H14BrN3/c1-12-9-17(15-10-14(18)7-8-16(15)20-12)21-19-11-13-5-3-2-4-6-13/h2-11H,1H3,(H,20,21)/b19-11-. The molecule has 2 aromatic carbocycles. The van der Waals surface area contributed by atoms with Crippen molar-refractivity contribution in [3.8, 4) is 0 Å². The zero-order valence-electron chi connectivity index (χ0n) is 11.5. The van der Waals surface area contributed by atoms with Crippen molar-refractivity contribution >= 4 is 38.7 Å². The Bertz CT molecular complexity index is 798. The molecule has 3 aromatic rings. The molecule has 0 aliphatic rings. The summed E-state index contributed by atoms with van der Waals surface area (Å²) in [5, 5.41) is 5.36. The Kier molecular flexibility index (Phi) is 3.97. The van der Waals surface area contributed by atoms with Gasteiger partial charge in [0.15, 0.2) is 0 Å². The number of pyridine rings is 1. The van der Waals surface area contributed by atoms with E-state index in [-0.39, 0.29) is 0 Å². The average molecular weight is 340 g/mol. The molecule has 0 spiro atoms. The van der Waals surface area contributed by atoms with Crippen LogP contribution in [0.5, 0.6) is 0 Å². The number of benzene rings is 2. The number of fused-ring (bicyclic) bond motifs is 1. The van der Waals surface area contributed by atoms with Crippen LogP contribution in [0.1, 0.15) is 11.3 Å². The number of halogens is 1. The van der Waals surface area contributed by atoms with Crippen molar-refractivity contribution in [3.63, 3.8) is 0 Å². The lowest BCUT2D eigenvalue weighted by Crippen LogP contribution is -1.94. The molecule has 1 heterocycles. The molecule has 104 valence electrons. The lowest BCUT2D eigenvalue weighted by Gasteiger charge is -2.07. The van der Waals surface area contributed by atoms with Gasteiger partial charge in [-0.25, -0.2) is 0 Å². The highest BCUT2D eigenvalue weighted by Gasteiger charge is 2.04. The average Bonchev–Trinajstić information content (AvgIpc) is 2.49. The van der Waals surface area contributed by atoms with Crippen LogP contribution in [-0.4, -0.2) is 11.2 Å². The maximum absolute atomic E-state index is 4.53. The van der Waals surface area contributed by atoms with Gasteiger partial charge < -0.3 is 0 Å². The van der Waals surface area contributed by atoms with E-state index in [1.165, 1.54) is 0 Å². The second-order valence-electron chi connectivity index (χ2n) is 4.75. The van der Waals surface area contributed by atoms with Crippen molar-refractivity contribution in [2.24, 2.45) is 5.10 Å². The molecule has 3 rings (SSSR count). The van der Waals surface area contributed by atoms with Crippen LogP contribution in [0, 0.1) is 6.92 Å². The van der Waals surface area contributed by atoms with E-state index < -0.39 is 0 Å². The molecule has 0 saturated heterocycles. The molecule has 21 heavy (non-hydrogen) atoms. The molecule has 3 nitrogen and oxygen atoms in total. The maximum Gasteiger partial charge on any atom is 0.0727 e. The highest BCUT2D eigenvalue weighted by Crippen LogP contribution is 2.26. The number of hydrogen-bond acceptors (Lipinski definition) is 3. The van der Waals surface area contributed by atoms with Crippen molar-refractivity contribution in [2.75, 3.05) is 5.43 Å². The minimum Gasteiger partial charge on any atom is -0.278 e. The van der Waals surface area contributed by atoms with Crippen LogP contribution >= 0.6 is 15.9 Å². The van der Waals surface area contributed by atoms with Crippen LogP contribution in [-0.2, 0) is 0 Å². The van der Waals surface area contributed by atoms with E-state index in [4.69, 9.17) is 0 Å². The van der Waals surface area contributed by atoms with Gasteiger partial charge >= 0.3 is 0 Å². The maximum atomic E-state index is 4.53. The third-order valence-electron chi connectivity index (χ3n) is 3.10. The Labute approximate surface area is 131 Å². The largest absolute Gasteiger partial charge is 0.278 e. The Balaban J connectivity index is 1.93. The molecule has 1 aromatic heterocycles. The molecule has 4 heteroatoms. The van der Waals surface area contributed by atoms with Crippen LogP contribution in [0.4, 0.5) is 5.69 Å². The fourth-order valence-corrected chi connectivity index (χ4v) is 2.50. The summed E-state index contributed by atoms with van der Waals surface area (Å²) in [6.07, 6.45) is 1.81. The van der Waals surface area contributed by atoms with Gasteiger partial charge in [-0.15, -0.1) is 0 Å². The molecule has 0 unspecified atom stereocenters. The summed E-state index contributed by atoms with van der Waals surface area (Å²) >= 11 is 3.50. The van der Waals surface area contributed by atoms with E-state index >= 15 is 0 Å². The number of anilines is 1. The van der Waals surface area contributed by atoms with Crippen LogP contribution < -0.4 is 5.43 Å². The molecular formula is C17H14BrN3. The first-order valence-corrected chi connectivity index (χ1v) is 7.43. The predicted octanol–water partition coefficient (Wildman–Crippen LogP) is 4.75. The quantitative estimate of drug-likeness (QED) is 0.552. The predicted molar refractivity (Wildman–Crippen MR) is 91.8 cm³/mol. The number of hydrazone groups is 1. The molecular weight excluding hydrogens is 326 g/mol. The molecule has 0 aliphatic heterocycles. The third kappa shape index (κ3) is 3.28. The Hall–Kier alpha value is -2.20. The smallest absolute Gasteiger partial charge is 0.0727 e. The highest BCUT2D eigenvalue weighted by atomic mass is 79.9. The van der Waals surface area contributed by atoms with E-state index in [1.54, 1.807) is 6.21 Å². The minimum atomic E-state index is 0.950. The number of nitrogens with zero attached hydrogens (tertiary/aromatic N) is 2. The van der Waals surface area contributed by atoms with E-state index in [2.05, 4.69) is 31.4 Å². The molecule has 0 fully saturated rings. The van der Waals surface area contributed by atoms with Crippen LogP contribution in [0.2, 0.25) is 0 Å². The first-order valence-electron chi connectivity index (χ1n) is 6.63. The highest BCUT2D eigenvalue weighted by molar-refractivity contribution is 9.10. The van der Waals surface area contributed by atoms with Crippen molar-refractivity contribution in [1.82, 2.24) is 4.98 Å². The molecule has 0 aliphatic carbocycles. The fraction of sp³-hybridized carbons (Fsp3) is 0.0588. The number of aryl methyl sites for hydroxylation is 1. The van der Waals surface area contributed by atoms with Gasteiger partial charge in [-0.2, -0.15) is 5.10 Å². The van der Waals surface area contributed by atoms with Gasteiger partial charge in [0.05, 0.1) is 17.4 Å². The van der Waals surface area contributed by atoms with E-state index in [9.17, 15) is 0 Å². The van der Waals surface area contributed by atoms with Gasteiger partial charge in [0, 0.05) is 15.6 Å². The first kappa shape index (κ1) is 13.8. The third-order valence-corrected chi connectivity index (χ3v) is 3.59. The van der Waals surface area contributed by atoms with Gasteiger partial charge in [0.2, 0.25) is 0 Å². The fourth-order valence-electron chi connectivity index (χ4n) is 2.14. The van der Waals surface area contributed by atoms with E-state index in [0.717, 1.165) is 32.3 Å². The van der Waals surface area contributed by atoms with Gasteiger partial charge in [-0.3, -0.25) is 10.4 Å². The number of nitrogens with one attached hydrogen (secondary N) is 1. The lowest BCUT2D eigenvalue weighted by molar-refractivity contribution is 1.24. The second-order valence-corrected chi connectivity index (χ2v) is 5.67. The van der Waals surface area contributed by atoms with Crippen molar-refractivity contribution in [2.45, 2.75) is 6.92 Å². The van der Waals surface area contributed by atoms with Crippen molar-refractivity contribution in [1.29, 1.82) is 0 Å². The lowest BCUT2D eigenvalue weighted by atomic mass is 10.1. The Morgan fingerprint density at radius 3 is 2.71 bits per heavy atom. The van der Waals surface area contributed by atoms with E-state index in [1.807, 2.05) is 61.5 Å². The summed E-state index contributed by atoms with van der Waals surface area (Å²) in [5.41, 5.74) is 7.03. The minimum absolute atomic E-state index is 0.950. The molecule has 0 atom stereocenters. The molecule has 0 amide bonds. The summed E-state index contributed by atoms with van der Waals surface area (Å²) in [6, 6.07) is 18.0. The number of aromatic nitrogens is 1. The van der Waals surface area contributed by atoms with Crippen molar-refractivity contribution in [3.05, 3.63) is 70.3 Å². The van der Waals surface area contributed by atoms with E-state index in [0.29, 0.717) is 0 Å². The summed E-state index contributed by atoms with van der Waals surface area (Å²) < 4.78 is 1.02. The number of rotatable bonds is 3. The summed E-state index contributed by atoms with van der Waals surface area (Å²) in [7, 11) is 0. The number of hydrogen-bond donors (Lipinski definition) is 1. The zero-order valence-corrected chi connectivity index (χ0v) is 13.1. The zero-order chi connectivity index (χ0) is 14.7. The molecule has 1 N–H and O–H groups in total. The summed E-state index contributed by atoms with van der Waals surface area (Å²) in [5.74, 6) is 0. The van der Waals surface area contributed by atoms with Crippen molar-refractivity contribution < 1.29 is 0 Å². The summed E-state index contributed by atoms with van der Waals surface area (Å²) in [4.78, 5) is 4.53. The van der Waals surface area contributed by atoms with Gasteiger partial charge in [0.1, 0.15) is 0 Å². The van der Waals surface area contributed by atoms with Crippen LogP contribution in [0.25, 0.3) is 10.9 Å².